The number of carbonyl (C=O) groups excluding carboxylic acids is 1. The van der Waals surface area contributed by atoms with E-state index in [1.807, 2.05) is 0 Å². The smallest absolute Gasteiger partial charge is 0.239 e. The van der Waals surface area contributed by atoms with Gasteiger partial charge in [0.15, 0.2) is 0 Å². The van der Waals surface area contributed by atoms with Gasteiger partial charge in [-0.1, -0.05) is 45.0 Å². The molecule has 0 saturated heterocycles. The molecule has 3 N–H and O–H groups in total. The molecule has 1 aromatic rings. The van der Waals surface area contributed by atoms with Crippen LogP contribution in [0.4, 0.5) is 0 Å². The summed E-state index contributed by atoms with van der Waals surface area (Å²) in [6.07, 6.45) is 1.01. The molecule has 1 amide bonds. The lowest BCUT2D eigenvalue weighted by Crippen LogP contribution is -2.45. The molecule has 0 heterocycles. The number of benzene rings is 1. The van der Waals surface area contributed by atoms with Crippen molar-refractivity contribution in [2.75, 3.05) is 13.7 Å². The topological polar surface area (TPSA) is 64.4 Å². The molecule has 0 saturated carbocycles. The standard InChI is InChI=1S/C16H26N2O2.ClH/c1-5-12-6-8-13(9-7-12)15(11(2)3)18-16(19)14(17)10-20-4;/h6-9,11,14-15H,5,10,17H2,1-4H3,(H,18,19);1H. The molecule has 0 aliphatic heterocycles. The highest BCUT2D eigenvalue weighted by molar-refractivity contribution is 5.85. The Labute approximate surface area is 133 Å². The molecule has 0 aliphatic rings. The molecule has 2 unspecified atom stereocenters. The Morgan fingerprint density at radius 2 is 1.86 bits per heavy atom. The SMILES string of the molecule is CCc1ccc(C(NC(=O)C(N)COC)C(C)C)cc1.Cl. The molecule has 0 fully saturated rings. The second-order valence-corrected chi connectivity index (χ2v) is 5.39. The van der Waals surface area contributed by atoms with Crippen molar-refractivity contribution in [3.63, 3.8) is 0 Å². The van der Waals surface area contributed by atoms with Crippen molar-refractivity contribution in [1.82, 2.24) is 5.32 Å². The molecular weight excluding hydrogens is 288 g/mol. The van der Waals surface area contributed by atoms with E-state index in [0.717, 1.165) is 12.0 Å². The zero-order chi connectivity index (χ0) is 15.1. The summed E-state index contributed by atoms with van der Waals surface area (Å²) >= 11 is 0. The third kappa shape index (κ3) is 6.04. The number of nitrogens with one attached hydrogen (secondary N) is 1. The van der Waals surface area contributed by atoms with E-state index in [1.54, 1.807) is 0 Å². The second kappa shape index (κ2) is 9.77. The summed E-state index contributed by atoms with van der Waals surface area (Å²) in [5.41, 5.74) is 8.16. The highest BCUT2D eigenvalue weighted by Gasteiger charge is 2.21. The number of hydrogen-bond acceptors (Lipinski definition) is 3. The molecule has 5 heteroatoms. The van der Waals surface area contributed by atoms with E-state index in [0.29, 0.717) is 5.92 Å². The summed E-state index contributed by atoms with van der Waals surface area (Å²) in [6, 6.07) is 7.70. The Balaban J connectivity index is 0.00000400. The molecule has 0 radical (unpaired) electrons. The van der Waals surface area contributed by atoms with Crippen LogP contribution in [0.3, 0.4) is 0 Å². The molecular formula is C16H27ClN2O2. The summed E-state index contributed by atoms with van der Waals surface area (Å²) in [4.78, 5) is 12.0. The van der Waals surface area contributed by atoms with Crippen LogP contribution in [-0.2, 0) is 16.0 Å². The summed E-state index contributed by atoms with van der Waals surface area (Å²) in [7, 11) is 1.54. The molecule has 0 aromatic heterocycles. The number of hydrogen-bond donors (Lipinski definition) is 2. The van der Waals surface area contributed by atoms with Gasteiger partial charge >= 0.3 is 0 Å². The van der Waals surface area contributed by atoms with Crippen molar-refractivity contribution in [2.24, 2.45) is 11.7 Å². The summed E-state index contributed by atoms with van der Waals surface area (Å²) < 4.78 is 4.92. The van der Waals surface area contributed by atoms with E-state index in [-0.39, 0.29) is 31.0 Å². The molecule has 0 spiro atoms. The maximum absolute atomic E-state index is 12.0. The van der Waals surface area contributed by atoms with Gasteiger partial charge in [0.05, 0.1) is 12.6 Å². The maximum Gasteiger partial charge on any atom is 0.239 e. The van der Waals surface area contributed by atoms with Gasteiger partial charge in [0.2, 0.25) is 5.91 Å². The van der Waals surface area contributed by atoms with Crippen LogP contribution in [0.1, 0.15) is 37.9 Å². The first-order chi connectivity index (χ1) is 9.49. The zero-order valence-corrected chi connectivity index (χ0v) is 14.1. The van der Waals surface area contributed by atoms with Crippen LogP contribution in [0.25, 0.3) is 0 Å². The molecule has 0 aliphatic carbocycles. The second-order valence-electron chi connectivity index (χ2n) is 5.39. The van der Waals surface area contributed by atoms with Crippen LogP contribution in [0.2, 0.25) is 0 Å². The quantitative estimate of drug-likeness (QED) is 0.812. The van der Waals surface area contributed by atoms with Gasteiger partial charge in [-0.05, 0) is 23.5 Å². The average Bonchev–Trinajstić information content (AvgIpc) is 2.44. The van der Waals surface area contributed by atoms with Crippen molar-refractivity contribution in [3.8, 4) is 0 Å². The Morgan fingerprint density at radius 3 is 2.29 bits per heavy atom. The van der Waals surface area contributed by atoms with Gasteiger partial charge in [-0.15, -0.1) is 12.4 Å². The molecule has 4 nitrogen and oxygen atoms in total. The van der Waals surface area contributed by atoms with Crippen molar-refractivity contribution in [1.29, 1.82) is 0 Å². The monoisotopic (exact) mass is 314 g/mol. The highest BCUT2D eigenvalue weighted by atomic mass is 35.5. The molecule has 21 heavy (non-hydrogen) atoms. The normalized spacial score (nSPS) is 13.4. The minimum atomic E-state index is -0.629. The number of methoxy groups -OCH3 is 1. The third-order valence-corrected chi connectivity index (χ3v) is 3.39. The number of carbonyl (C=O) groups is 1. The van der Waals surface area contributed by atoms with Crippen LogP contribution >= 0.6 is 12.4 Å². The fourth-order valence-corrected chi connectivity index (χ4v) is 2.11. The van der Waals surface area contributed by atoms with Gasteiger partial charge in [-0.2, -0.15) is 0 Å². The fraction of sp³-hybridized carbons (Fsp3) is 0.562. The lowest BCUT2D eigenvalue weighted by Gasteiger charge is -2.24. The number of halogens is 1. The Bertz CT molecular complexity index is 421. The van der Waals surface area contributed by atoms with Crippen LogP contribution < -0.4 is 11.1 Å². The number of ether oxygens (including phenoxy) is 1. The average molecular weight is 315 g/mol. The number of aryl methyl sites for hydroxylation is 1. The van der Waals surface area contributed by atoms with Gasteiger partial charge in [0.25, 0.3) is 0 Å². The summed E-state index contributed by atoms with van der Waals surface area (Å²) in [5.74, 6) is 0.117. The van der Waals surface area contributed by atoms with Crippen molar-refractivity contribution < 1.29 is 9.53 Å². The first-order valence-electron chi connectivity index (χ1n) is 7.13. The fourth-order valence-electron chi connectivity index (χ4n) is 2.11. The Kier molecular flexibility index (Phi) is 9.26. The van der Waals surface area contributed by atoms with E-state index in [1.165, 1.54) is 12.7 Å². The summed E-state index contributed by atoms with van der Waals surface area (Å²) in [6.45, 7) is 6.52. The van der Waals surface area contributed by atoms with E-state index < -0.39 is 6.04 Å². The lowest BCUT2D eigenvalue weighted by molar-refractivity contribution is -0.124. The zero-order valence-electron chi connectivity index (χ0n) is 13.3. The van der Waals surface area contributed by atoms with E-state index in [2.05, 4.69) is 50.4 Å². The maximum atomic E-state index is 12.0. The van der Waals surface area contributed by atoms with E-state index in [4.69, 9.17) is 10.5 Å². The van der Waals surface area contributed by atoms with Gasteiger partial charge < -0.3 is 15.8 Å². The number of nitrogens with two attached hydrogens (primary N) is 1. The largest absolute Gasteiger partial charge is 0.383 e. The molecule has 2 atom stereocenters. The molecule has 120 valence electrons. The predicted octanol–water partition coefficient (Wildman–Crippen LogP) is 2.46. The predicted molar refractivity (Wildman–Crippen MR) is 88.6 cm³/mol. The highest BCUT2D eigenvalue weighted by Crippen LogP contribution is 2.22. The Morgan fingerprint density at radius 1 is 1.29 bits per heavy atom. The van der Waals surface area contributed by atoms with Gasteiger partial charge in [0.1, 0.15) is 6.04 Å². The van der Waals surface area contributed by atoms with Crippen LogP contribution in [0.15, 0.2) is 24.3 Å². The van der Waals surface area contributed by atoms with E-state index >= 15 is 0 Å². The van der Waals surface area contributed by atoms with Gasteiger partial charge in [-0.25, -0.2) is 0 Å². The van der Waals surface area contributed by atoms with Gasteiger partial charge in [-0.3, -0.25) is 4.79 Å². The van der Waals surface area contributed by atoms with Crippen LogP contribution in [0, 0.1) is 5.92 Å². The van der Waals surface area contributed by atoms with Crippen molar-refractivity contribution in [2.45, 2.75) is 39.3 Å². The van der Waals surface area contributed by atoms with Crippen molar-refractivity contribution >= 4 is 18.3 Å². The van der Waals surface area contributed by atoms with Crippen LogP contribution in [-0.4, -0.2) is 25.7 Å². The lowest BCUT2D eigenvalue weighted by atomic mass is 9.94. The number of amides is 1. The minimum absolute atomic E-state index is 0. The van der Waals surface area contributed by atoms with E-state index in [9.17, 15) is 4.79 Å². The molecule has 1 rings (SSSR count). The third-order valence-electron chi connectivity index (χ3n) is 3.39. The molecule has 1 aromatic carbocycles. The first kappa shape index (κ1) is 19.9. The molecule has 0 bridgehead atoms. The minimum Gasteiger partial charge on any atom is -0.383 e. The van der Waals surface area contributed by atoms with Crippen molar-refractivity contribution in [3.05, 3.63) is 35.4 Å². The van der Waals surface area contributed by atoms with Crippen LogP contribution in [0.5, 0.6) is 0 Å². The number of rotatable bonds is 7. The first-order valence-corrected chi connectivity index (χ1v) is 7.13. The summed E-state index contributed by atoms with van der Waals surface area (Å²) in [5, 5.41) is 3.01. The van der Waals surface area contributed by atoms with Gasteiger partial charge in [0, 0.05) is 7.11 Å². The Hall–Kier alpha value is -1.10.